The van der Waals surface area contributed by atoms with E-state index in [1.165, 1.54) is 0 Å². The average Bonchev–Trinajstić information content (AvgIpc) is 2.98. The van der Waals surface area contributed by atoms with E-state index in [-0.39, 0.29) is 0 Å². The predicted molar refractivity (Wildman–Crippen MR) is 64.0 cm³/mol. The molecular weight excluding hydrogens is 284 g/mol. The molecule has 0 atom stereocenters. The number of para-hydroxylation sites is 1. The van der Waals surface area contributed by atoms with Gasteiger partial charge >= 0.3 is 0 Å². The molecule has 7 heteroatoms. The summed E-state index contributed by atoms with van der Waals surface area (Å²) in [5, 5.41) is 15.7. The van der Waals surface area contributed by atoms with E-state index < -0.39 is 0 Å². The first kappa shape index (κ1) is 10.2. The monoisotopic (exact) mass is 290 g/mol. The normalized spacial score (nSPS) is 10.6. The molecule has 0 saturated heterocycles. The number of rotatable bonds is 2. The topological polar surface area (TPSA) is 61.4 Å². The molecule has 0 N–H and O–H groups in total. The van der Waals surface area contributed by atoms with Gasteiger partial charge in [-0.05, 0) is 38.5 Å². The summed E-state index contributed by atoms with van der Waals surface area (Å²) >= 11 is 3.34. The number of tetrazole rings is 1. The van der Waals surface area contributed by atoms with Crippen molar-refractivity contribution in [1.29, 1.82) is 0 Å². The largest absolute Gasteiger partial charge is 0.275 e. The number of aromatic nitrogens is 6. The third kappa shape index (κ3) is 1.84. The summed E-state index contributed by atoms with van der Waals surface area (Å²) in [5.74, 6) is 0.543. The van der Waals surface area contributed by atoms with Gasteiger partial charge in [-0.2, -0.15) is 9.78 Å². The van der Waals surface area contributed by atoms with Crippen molar-refractivity contribution in [2.75, 3.05) is 0 Å². The zero-order chi connectivity index (χ0) is 11.7. The van der Waals surface area contributed by atoms with Crippen LogP contribution in [0.4, 0.5) is 0 Å². The van der Waals surface area contributed by atoms with Crippen LogP contribution in [0, 0.1) is 0 Å². The summed E-state index contributed by atoms with van der Waals surface area (Å²) in [6.07, 6.45) is 3.48. The Hall–Kier alpha value is -2.02. The molecule has 2 heterocycles. The molecule has 0 saturated carbocycles. The van der Waals surface area contributed by atoms with Crippen LogP contribution in [0.1, 0.15) is 0 Å². The van der Waals surface area contributed by atoms with Crippen LogP contribution in [0.3, 0.4) is 0 Å². The van der Waals surface area contributed by atoms with Gasteiger partial charge in [0, 0.05) is 6.20 Å². The van der Waals surface area contributed by atoms with Gasteiger partial charge < -0.3 is 0 Å². The zero-order valence-electron chi connectivity index (χ0n) is 8.60. The van der Waals surface area contributed by atoms with Gasteiger partial charge in [-0.15, -0.1) is 0 Å². The first-order chi connectivity index (χ1) is 8.34. The summed E-state index contributed by atoms with van der Waals surface area (Å²) in [4.78, 5) is 0. The van der Waals surface area contributed by atoms with Crippen molar-refractivity contribution in [2.24, 2.45) is 0 Å². The number of halogens is 1. The number of hydrogen-bond donors (Lipinski definition) is 0. The molecule has 0 spiro atoms. The highest BCUT2D eigenvalue weighted by Gasteiger charge is 2.10. The molecule has 3 rings (SSSR count). The van der Waals surface area contributed by atoms with Crippen LogP contribution < -0.4 is 0 Å². The van der Waals surface area contributed by atoms with Crippen LogP contribution in [0.5, 0.6) is 0 Å². The molecule has 0 aliphatic rings. The Kier molecular flexibility index (Phi) is 2.45. The molecule has 0 aliphatic carbocycles. The Morgan fingerprint density at radius 2 is 1.94 bits per heavy atom. The second-order valence-electron chi connectivity index (χ2n) is 3.33. The molecule has 0 aliphatic heterocycles. The molecule has 0 bridgehead atoms. The highest BCUT2D eigenvalue weighted by molar-refractivity contribution is 9.10. The Labute approximate surface area is 105 Å². The van der Waals surface area contributed by atoms with Gasteiger partial charge in [0.1, 0.15) is 0 Å². The smallest absolute Gasteiger partial charge is 0.204 e. The molecule has 0 radical (unpaired) electrons. The van der Waals surface area contributed by atoms with E-state index in [9.17, 15) is 0 Å². The summed E-state index contributed by atoms with van der Waals surface area (Å²) in [5.41, 5.74) is 0.888. The fraction of sp³-hybridized carbons (Fsp3) is 0. The summed E-state index contributed by atoms with van der Waals surface area (Å²) in [6, 6.07) is 9.66. The minimum atomic E-state index is 0.543. The minimum Gasteiger partial charge on any atom is -0.204 e. The van der Waals surface area contributed by atoms with Crippen molar-refractivity contribution >= 4 is 15.9 Å². The predicted octanol–water partition coefficient (Wildman–Crippen LogP) is 1.61. The minimum absolute atomic E-state index is 0.543. The molecule has 84 valence electrons. The van der Waals surface area contributed by atoms with Gasteiger partial charge in [0.05, 0.1) is 16.4 Å². The third-order valence-electron chi connectivity index (χ3n) is 2.21. The lowest BCUT2D eigenvalue weighted by Gasteiger charge is -2.02. The second-order valence-corrected chi connectivity index (χ2v) is 4.25. The quantitative estimate of drug-likeness (QED) is 0.719. The molecule has 0 fully saturated rings. The molecule has 3 aromatic rings. The second kappa shape index (κ2) is 4.10. The van der Waals surface area contributed by atoms with E-state index in [2.05, 4.69) is 36.6 Å². The fourth-order valence-corrected chi connectivity index (χ4v) is 1.76. The molecule has 1 aromatic carbocycles. The Bertz CT molecular complexity index is 629. The molecule has 2 aromatic heterocycles. The van der Waals surface area contributed by atoms with Gasteiger partial charge in [-0.3, -0.25) is 0 Å². The van der Waals surface area contributed by atoms with Crippen molar-refractivity contribution in [2.45, 2.75) is 0 Å². The average molecular weight is 291 g/mol. The Morgan fingerprint density at radius 1 is 1.12 bits per heavy atom. The Morgan fingerprint density at radius 3 is 2.65 bits per heavy atom. The van der Waals surface area contributed by atoms with Gasteiger partial charge in [-0.1, -0.05) is 23.3 Å². The van der Waals surface area contributed by atoms with Crippen LogP contribution in [-0.4, -0.2) is 30.0 Å². The van der Waals surface area contributed by atoms with Crippen LogP contribution in [0.15, 0.2) is 47.2 Å². The molecular formula is C10H7BrN6. The van der Waals surface area contributed by atoms with Crippen LogP contribution >= 0.6 is 15.9 Å². The molecule has 0 unspecified atom stereocenters. The van der Waals surface area contributed by atoms with Gasteiger partial charge in [0.15, 0.2) is 0 Å². The highest BCUT2D eigenvalue weighted by atomic mass is 79.9. The van der Waals surface area contributed by atoms with Crippen molar-refractivity contribution in [1.82, 2.24) is 30.0 Å². The SMILES string of the molecule is Brc1cnn(-c2nnnn2-c2ccccc2)c1. The van der Waals surface area contributed by atoms with Gasteiger partial charge in [0.25, 0.3) is 5.95 Å². The van der Waals surface area contributed by atoms with E-state index >= 15 is 0 Å². The lowest BCUT2D eigenvalue weighted by atomic mass is 10.3. The maximum absolute atomic E-state index is 4.15. The lowest BCUT2D eigenvalue weighted by molar-refractivity contribution is 0.740. The van der Waals surface area contributed by atoms with E-state index in [1.54, 1.807) is 21.8 Å². The standard InChI is InChI=1S/C10H7BrN6/c11-8-6-12-16(7-8)10-13-14-15-17(10)9-4-2-1-3-5-9/h1-7H. The van der Waals surface area contributed by atoms with Crippen LogP contribution in [0.2, 0.25) is 0 Å². The lowest BCUT2D eigenvalue weighted by Crippen LogP contribution is -2.06. The van der Waals surface area contributed by atoms with E-state index in [1.807, 2.05) is 30.3 Å². The van der Waals surface area contributed by atoms with Crippen molar-refractivity contribution in [3.63, 3.8) is 0 Å². The maximum Gasteiger partial charge on any atom is 0.275 e. The number of hydrogen-bond acceptors (Lipinski definition) is 4. The number of nitrogens with zero attached hydrogens (tertiary/aromatic N) is 6. The van der Waals surface area contributed by atoms with Crippen LogP contribution in [-0.2, 0) is 0 Å². The maximum atomic E-state index is 4.15. The van der Waals surface area contributed by atoms with Gasteiger partial charge in [0.2, 0.25) is 0 Å². The van der Waals surface area contributed by atoms with Gasteiger partial charge in [-0.25, -0.2) is 4.68 Å². The summed E-state index contributed by atoms with van der Waals surface area (Å²) in [6.45, 7) is 0. The Balaban J connectivity index is 2.12. The molecule has 17 heavy (non-hydrogen) atoms. The summed E-state index contributed by atoms with van der Waals surface area (Å²) < 4.78 is 4.11. The van der Waals surface area contributed by atoms with Crippen molar-refractivity contribution in [3.8, 4) is 11.6 Å². The number of benzene rings is 1. The zero-order valence-corrected chi connectivity index (χ0v) is 10.2. The fourth-order valence-electron chi connectivity index (χ4n) is 1.47. The van der Waals surface area contributed by atoms with E-state index in [0.717, 1.165) is 10.2 Å². The first-order valence-electron chi connectivity index (χ1n) is 4.89. The van der Waals surface area contributed by atoms with Crippen molar-refractivity contribution in [3.05, 3.63) is 47.2 Å². The van der Waals surface area contributed by atoms with E-state index in [0.29, 0.717) is 5.95 Å². The van der Waals surface area contributed by atoms with Crippen molar-refractivity contribution < 1.29 is 0 Å². The molecule has 6 nitrogen and oxygen atoms in total. The van der Waals surface area contributed by atoms with E-state index in [4.69, 9.17) is 0 Å². The summed E-state index contributed by atoms with van der Waals surface area (Å²) in [7, 11) is 0. The highest BCUT2D eigenvalue weighted by Crippen LogP contribution is 2.13. The molecule has 0 amide bonds. The third-order valence-corrected chi connectivity index (χ3v) is 2.62. The van der Waals surface area contributed by atoms with Crippen LogP contribution in [0.25, 0.3) is 11.6 Å². The first-order valence-corrected chi connectivity index (χ1v) is 5.68.